The minimum absolute atomic E-state index is 0.150. The SMILES string of the molecule is CC(=O)N1CC[NH+](Cc2c(O)ccc3cc(Br)ccc23)CC1. The summed E-state index contributed by atoms with van der Waals surface area (Å²) in [5.41, 5.74) is 0.997. The first kappa shape index (κ1) is 15.3. The van der Waals surface area contributed by atoms with E-state index in [-0.39, 0.29) is 5.91 Å². The van der Waals surface area contributed by atoms with Crippen LogP contribution in [0.5, 0.6) is 5.75 Å². The molecule has 0 saturated carbocycles. The highest BCUT2D eigenvalue weighted by molar-refractivity contribution is 9.10. The number of quaternary nitrogens is 1. The number of fused-ring (bicyclic) bond motifs is 1. The Hall–Kier alpha value is -1.59. The van der Waals surface area contributed by atoms with Crippen molar-refractivity contribution in [1.29, 1.82) is 0 Å². The number of carbonyl (C=O) groups excluding carboxylic acids is 1. The van der Waals surface area contributed by atoms with Crippen LogP contribution in [-0.4, -0.2) is 42.1 Å². The van der Waals surface area contributed by atoms with Gasteiger partial charge in [0.1, 0.15) is 12.3 Å². The molecule has 2 aromatic carbocycles. The van der Waals surface area contributed by atoms with E-state index in [1.165, 1.54) is 4.90 Å². The number of nitrogens with one attached hydrogen (secondary N) is 1. The normalized spacial score (nSPS) is 16.2. The maximum atomic E-state index is 11.4. The molecule has 0 bridgehead atoms. The van der Waals surface area contributed by atoms with E-state index in [4.69, 9.17) is 0 Å². The Morgan fingerprint density at radius 1 is 1.27 bits per heavy atom. The standard InChI is InChI=1S/C17H19BrN2O2/c1-12(21)20-8-6-19(7-9-20)11-16-15-4-3-14(18)10-13(15)2-5-17(16)22/h2-5,10,22H,6-9,11H2,1H3/p+1. The Morgan fingerprint density at radius 3 is 2.68 bits per heavy atom. The van der Waals surface area contributed by atoms with Crippen molar-refractivity contribution in [3.8, 4) is 5.75 Å². The fourth-order valence-electron chi connectivity index (χ4n) is 3.10. The van der Waals surface area contributed by atoms with Crippen LogP contribution in [0.1, 0.15) is 12.5 Å². The van der Waals surface area contributed by atoms with Crippen molar-refractivity contribution in [2.45, 2.75) is 13.5 Å². The maximum Gasteiger partial charge on any atom is 0.219 e. The van der Waals surface area contributed by atoms with Crippen LogP contribution in [0, 0.1) is 0 Å². The number of phenolic OH excluding ortho intramolecular Hbond substituents is 1. The van der Waals surface area contributed by atoms with Crippen LogP contribution in [0.2, 0.25) is 0 Å². The van der Waals surface area contributed by atoms with Gasteiger partial charge in [0.2, 0.25) is 5.91 Å². The first-order valence-corrected chi connectivity index (χ1v) is 8.33. The lowest BCUT2D eigenvalue weighted by Crippen LogP contribution is -3.13. The van der Waals surface area contributed by atoms with Crippen LogP contribution in [0.3, 0.4) is 0 Å². The molecule has 0 aliphatic carbocycles. The lowest BCUT2D eigenvalue weighted by atomic mass is 10.0. The third-order valence-corrected chi connectivity index (χ3v) is 4.90. The average Bonchev–Trinajstić information content (AvgIpc) is 2.50. The van der Waals surface area contributed by atoms with E-state index in [1.54, 1.807) is 13.0 Å². The van der Waals surface area contributed by atoms with Gasteiger partial charge in [-0.15, -0.1) is 0 Å². The van der Waals surface area contributed by atoms with Crippen LogP contribution >= 0.6 is 15.9 Å². The summed E-state index contributed by atoms with van der Waals surface area (Å²) in [6.07, 6.45) is 0. The number of amides is 1. The Balaban J connectivity index is 1.82. The second kappa shape index (κ2) is 6.26. The number of hydrogen-bond donors (Lipinski definition) is 2. The number of carbonyl (C=O) groups is 1. The van der Waals surface area contributed by atoms with E-state index < -0.39 is 0 Å². The smallest absolute Gasteiger partial charge is 0.219 e. The lowest BCUT2D eigenvalue weighted by molar-refractivity contribution is -0.917. The van der Waals surface area contributed by atoms with Gasteiger partial charge < -0.3 is 14.9 Å². The molecule has 22 heavy (non-hydrogen) atoms. The molecule has 1 aliphatic rings. The molecule has 0 radical (unpaired) electrons. The van der Waals surface area contributed by atoms with Crippen molar-refractivity contribution in [1.82, 2.24) is 4.90 Å². The zero-order chi connectivity index (χ0) is 15.7. The van der Waals surface area contributed by atoms with Crippen molar-refractivity contribution in [3.63, 3.8) is 0 Å². The number of rotatable bonds is 2. The molecule has 1 fully saturated rings. The minimum Gasteiger partial charge on any atom is -0.507 e. The third-order valence-electron chi connectivity index (χ3n) is 4.41. The van der Waals surface area contributed by atoms with Gasteiger partial charge >= 0.3 is 0 Å². The average molecular weight is 364 g/mol. The van der Waals surface area contributed by atoms with Gasteiger partial charge in [-0.1, -0.05) is 28.1 Å². The van der Waals surface area contributed by atoms with E-state index in [1.807, 2.05) is 17.0 Å². The number of halogens is 1. The minimum atomic E-state index is 0.150. The molecular weight excluding hydrogens is 344 g/mol. The second-order valence-electron chi connectivity index (χ2n) is 5.86. The summed E-state index contributed by atoms with van der Waals surface area (Å²) in [7, 11) is 0. The van der Waals surface area contributed by atoms with Crippen molar-refractivity contribution in [2.24, 2.45) is 0 Å². The summed E-state index contributed by atoms with van der Waals surface area (Å²) >= 11 is 3.49. The van der Waals surface area contributed by atoms with Crippen LogP contribution in [0.15, 0.2) is 34.8 Å². The molecule has 1 heterocycles. The zero-order valence-corrected chi connectivity index (χ0v) is 14.2. The number of phenols is 1. The van der Waals surface area contributed by atoms with Crippen LogP contribution in [-0.2, 0) is 11.3 Å². The van der Waals surface area contributed by atoms with Crippen molar-refractivity contribution >= 4 is 32.6 Å². The highest BCUT2D eigenvalue weighted by atomic mass is 79.9. The molecule has 1 aliphatic heterocycles. The summed E-state index contributed by atoms with van der Waals surface area (Å²) in [6.45, 7) is 5.84. The van der Waals surface area contributed by atoms with E-state index in [2.05, 4.69) is 28.1 Å². The molecule has 3 rings (SSSR count). The van der Waals surface area contributed by atoms with E-state index in [0.29, 0.717) is 5.75 Å². The summed E-state index contributed by atoms with van der Waals surface area (Å²) in [5.74, 6) is 0.508. The predicted molar refractivity (Wildman–Crippen MR) is 90.0 cm³/mol. The number of hydrogen-bond acceptors (Lipinski definition) is 2. The van der Waals surface area contributed by atoms with Gasteiger partial charge in [0.15, 0.2) is 0 Å². The summed E-state index contributed by atoms with van der Waals surface area (Å²) < 4.78 is 1.04. The Labute approximate surface area is 138 Å². The molecule has 5 heteroatoms. The molecule has 2 aromatic rings. The molecular formula is C17H20BrN2O2+. The van der Waals surface area contributed by atoms with Crippen molar-refractivity contribution in [2.75, 3.05) is 26.2 Å². The van der Waals surface area contributed by atoms with Gasteiger partial charge in [0, 0.05) is 11.4 Å². The molecule has 1 saturated heterocycles. The molecule has 1 amide bonds. The van der Waals surface area contributed by atoms with E-state index >= 15 is 0 Å². The predicted octanol–water partition coefficient (Wildman–Crippen LogP) is 1.55. The van der Waals surface area contributed by atoms with Gasteiger partial charge in [-0.05, 0) is 29.0 Å². The molecule has 0 spiro atoms. The molecule has 0 unspecified atom stereocenters. The molecule has 116 valence electrons. The summed E-state index contributed by atoms with van der Waals surface area (Å²) in [5, 5.41) is 12.5. The fourth-order valence-corrected chi connectivity index (χ4v) is 3.48. The third kappa shape index (κ3) is 3.10. The van der Waals surface area contributed by atoms with Gasteiger partial charge in [-0.3, -0.25) is 4.79 Å². The zero-order valence-electron chi connectivity index (χ0n) is 12.6. The highest BCUT2D eigenvalue weighted by Gasteiger charge is 2.23. The number of aromatic hydroxyl groups is 1. The molecule has 2 N–H and O–H groups in total. The van der Waals surface area contributed by atoms with E-state index in [9.17, 15) is 9.90 Å². The number of benzene rings is 2. The maximum absolute atomic E-state index is 11.4. The summed E-state index contributed by atoms with van der Waals surface area (Å²) in [4.78, 5) is 14.7. The van der Waals surface area contributed by atoms with E-state index in [0.717, 1.165) is 53.5 Å². The quantitative estimate of drug-likeness (QED) is 0.850. The van der Waals surface area contributed by atoms with Crippen LogP contribution in [0.4, 0.5) is 0 Å². The van der Waals surface area contributed by atoms with Gasteiger partial charge in [0.25, 0.3) is 0 Å². The Morgan fingerprint density at radius 2 is 2.00 bits per heavy atom. The Kier molecular flexibility index (Phi) is 4.36. The second-order valence-corrected chi connectivity index (χ2v) is 6.78. The van der Waals surface area contributed by atoms with Gasteiger partial charge in [-0.2, -0.15) is 0 Å². The molecule has 0 aromatic heterocycles. The lowest BCUT2D eigenvalue weighted by Gasteiger charge is -2.31. The number of nitrogens with zero attached hydrogens (tertiary/aromatic N) is 1. The Bertz CT molecular complexity index is 709. The van der Waals surface area contributed by atoms with Gasteiger partial charge in [-0.25, -0.2) is 0 Å². The highest BCUT2D eigenvalue weighted by Crippen LogP contribution is 2.28. The fraction of sp³-hybridized carbons (Fsp3) is 0.353. The summed E-state index contributed by atoms with van der Waals surface area (Å²) in [6, 6.07) is 9.85. The first-order chi connectivity index (χ1) is 10.5. The van der Waals surface area contributed by atoms with Gasteiger partial charge in [0.05, 0.1) is 31.7 Å². The first-order valence-electron chi connectivity index (χ1n) is 7.54. The van der Waals surface area contributed by atoms with Crippen molar-refractivity contribution < 1.29 is 14.8 Å². The largest absolute Gasteiger partial charge is 0.507 e. The monoisotopic (exact) mass is 363 g/mol. The molecule has 0 atom stereocenters. The topological polar surface area (TPSA) is 45.0 Å². The van der Waals surface area contributed by atoms with Crippen LogP contribution in [0.25, 0.3) is 10.8 Å². The van der Waals surface area contributed by atoms with Crippen molar-refractivity contribution in [3.05, 3.63) is 40.4 Å². The van der Waals surface area contributed by atoms with Crippen LogP contribution < -0.4 is 4.90 Å². The molecule has 4 nitrogen and oxygen atoms in total. The number of piperazine rings is 1.